The van der Waals surface area contributed by atoms with E-state index in [4.69, 9.17) is 0 Å². The number of fused-ring (bicyclic) bond motifs is 2. The quantitative estimate of drug-likeness (QED) is 0.726. The highest BCUT2D eigenvalue weighted by molar-refractivity contribution is 7.18. The van der Waals surface area contributed by atoms with Gasteiger partial charge in [-0.2, -0.15) is 0 Å². The smallest absolute Gasteiger partial charge is 0.226 e. The lowest BCUT2D eigenvalue weighted by Crippen LogP contribution is -2.11. The van der Waals surface area contributed by atoms with Crippen molar-refractivity contribution in [1.82, 2.24) is 9.97 Å². The van der Waals surface area contributed by atoms with E-state index < -0.39 is 0 Å². The summed E-state index contributed by atoms with van der Waals surface area (Å²) < 4.78 is 1.21. The molecule has 1 amide bonds. The number of carbonyl (C=O) groups is 1. The molecule has 1 aromatic carbocycles. The number of aromatic nitrogens is 2. The van der Waals surface area contributed by atoms with Crippen LogP contribution in [-0.4, -0.2) is 15.9 Å². The van der Waals surface area contributed by atoms with Crippen LogP contribution in [0.2, 0.25) is 0 Å². The number of rotatable bonds is 5. The summed E-state index contributed by atoms with van der Waals surface area (Å²) in [4.78, 5) is 22.7. The van der Waals surface area contributed by atoms with Gasteiger partial charge in [-0.25, -0.2) is 9.97 Å². The predicted octanol–water partition coefficient (Wildman–Crippen LogP) is 4.59. The number of anilines is 1. The third-order valence-corrected chi connectivity index (χ3v) is 6.39. The molecule has 1 N–H and O–H groups in total. The molecule has 0 saturated heterocycles. The van der Waals surface area contributed by atoms with E-state index in [1.807, 2.05) is 18.2 Å². The lowest BCUT2D eigenvalue weighted by atomic mass is 10.0. The van der Waals surface area contributed by atoms with Crippen LogP contribution in [0.1, 0.15) is 41.3 Å². The molecule has 0 fully saturated rings. The number of nitrogens with one attached hydrogen (secondary N) is 1. The Labute approximate surface area is 149 Å². The number of hydrogen-bond acceptors (Lipinski definition) is 5. The molecule has 0 radical (unpaired) electrons. The van der Waals surface area contributed by atoms with E-state index in [9.17, 15) is 4.79 Å². The first-order chi connectivity index (χ1) is 11.8. The minimum absolute atomic E-state index is 0.0576. The SMILES string of the molecule is O=C(CCCc1nc2ccccc2s1)Nc1nc2c(s1)CCCC2. The summed E-state index contributed by atoms with van der Waals surface area (Å²) in [6.45, 7) is 0. The Hall–Kier alpha value is -1.79. The fraction of sp³-hybridized carbons (Fsp3) is 0.389. The molecule has 3 aromatic rings. The Balaban J connectivity index is 1.29. The summed E-state index contributed by atoms with van der Waals surface area (Å²) in [7, 11) is 0. The number of benzene rings is 1. The van der Waals surface area contributed by atoms with Gasteiger partial charge in [0.15, 0.2) is 5.13 Å². The van der Waals surface area contributed by atoms with Gasteiger partial charge in [0.25, 0.3) is 0 Å². The zero-order chi connectivity index (χ0) is 16.4. The normalized spacial score (nSPS) is 13.8. The van der Waals surface area contributed by atoms with Crippen molar-refractivity contribution < 1.29 is 4.79 Å². The average molecular weight is 358 g/mol. The molecule has 2 aromatic heterocycles. The van der Waals surface area contributed by atoms with Crippen LogP contribution in [0.3, 0.4) is 0 Å². The highest BCUT2D eigenvalue weighted by Crippen LogP contribution is 2.29. The summed E-state index contributed by atoms with van der Waals surface area (Å²) in [5, 5.41) is 4.84. The van der Waals surface area contributed by atoms with Crippen molar-refractivity contribution in [2.24, 2.45) is 0 Å². The fourth-order valence-corrected chi connectivity index (χ4v) is 5.09. The topological polar surface area (TPSA) is 54.9 Å². The minimum atomic E-state index is 0.0576. The second kappa shape index (κ2) is 6.99. The molecule has 0 spiro atoms. The highest BCUT2D eigenvalue weighted by Gasteiger charge is 2.16. The van der Waals surface area contributed by atoms with Gasteiger partial charge in [0, 0.05) is 11.3 Å². The molecule has 1 aliphatic carbocycles. The molecule has 0 saturated carbocycles. The van der Waals surface area contributed by atoms with Gasteiger partial charge < -0.3 is 5.32 Å². The molecule has 6 heteroatoms. The monoisotopic (exact) mass is 357 g/mol. The molecule has 2 heterocycles. The van der Waals surface area contributed by atoms with Crippen LogP contribution in [0.25, 0.3) is 10.2 Å². The van der Waals surface area contributed by atoms with E-state index in [0.717, 1.165) is 41.3 Å². The van der Waals surface area contributed by atoms with Gasteiger partial charge in [-0.3, -0.25) is 4.79 Å². The third kappa shape index (κ3) is 3.49. The maximum absolute atomic E-state index is 12.1. The third-order valence-electron chi connectivity index (χ3n) is 4.22. The van der Waals surface area contributed by atoms with E-state index in [2.05, 4.69) is 21.4 Å². The zero-order valence-electron chi connectivity index (χ0n) is 13.4. The van der Waals surface area contributed by atoms with E-state index in [1.165, 1.54) is 28.1 Å². The van der Waals surface area contributed by atoms with Gasteiger partial charge in [0.1, 0.15) is 0 Å². The lowest BCUT2D eigenvalue weighted by molar-refractivity contribution is -0.116. The number of carbonyl (C=O) groups excluding carboxylic acids is 1. The van der Waals surface area contributed by atoms with Gasteiger partial charge in [-0.1, -0.05) is 12.1 Å². The van der Waals surface area contributed by atoms with Gasteiger partial charge >= 0.3 is 0 Å². The Morgan fingerprint density at radius 3 is 2.88 bits per heavy atom. The Morgan fingerprint density at radius 1 is 1.12 bits per heavy atom. The largest absolute Gasteiger partial charge is 0.302 e. The van der Waals surface area contributed by atoms with E-state index >= 15 is 0 Å². The second-order valence-electron chi connectivity index (χ2n) is 6.07. The Bertz CT molecular complexity index is 812. The predicted molar refractivity (Wildman–Crippen MR) is 99.9 cm³/mol. The molecule has 0 unspecified atom stereocenters. The van der Waals surface area contributed by atoms with Crippen LogP contribution >= 0.6 is 22.7 Å². The lowest BCUT2D eigenvalue weighted by Gasteiger charge is -2.06. The van der Waals surface area contributed by atoms with Crippen molar-refractivity contribution in [3.8, 4) is 0 Å². The molecule has 0 bridgehead atoms. The van der Waals surface area contributed by atoms with Crippen LogP contribution in [-0.2, 0) is 24.1 Å². The second-order valence-corrected chi connectivity index (χ2v) is 8.27. The van der Waals surface area contributed by atoms with Gasteiger partial charge in [-0.15, -0.1) is 22.7 Å². The fourth-order valence-electron chi connectivity index (χ4n) is 3.01. The number of para-hydroxylation sites is 1. The van der Waals surface area contributed by atoms with Crippen molar-refractivity contribution >= 4 is 43.9 Å². The molecule has 24 heavy (non-hydrogen) atoms. The summed E-state index contributed by atoms with van der Waals surface area (Å²) in [5.41, 5.74) is 2.24. The standard InChI is InChI=1S/C18H19N3OS2/c22-16(21-18-20-13-7-2-4-9-15(13)24-18)10-5-11-17-19-12-6-1-3-8-14(12)23-17/h1,3,6,8H,2,4-5,7,9-11H2,(H,20,21,22). The summed E-state index contributed by atoms with van der Waals surface area (Å²) >= 11 is 3.36. The van der Waals surface area contributed by atoms with Crippen molar-refractivity contribution in [3.63, 3.8) is 0 Å². The first kappa shape index (κ1) is 15.7. The Kier molecular flexibility index (Phi) is 4.58. The van der Waals surface area contributed by atoms with Crippen LogP contribution in [0.5, 0.6) is 0 Å². The summed E-state index contributed by atoms with van der Waals surface area (Å²) in [6.07, 6.45) is 6.80. The van der Waals surface area contributed by atoms with Crippen molar-refractivity contribution in [2.45, 2.75) is 44.9 Å². The zero-order valence-corrected chi connectivity index (χ0v) is 15.0. The first-order valence-electron chi connectivity index (χ1n) is 8.41. The molecule has 0 aliphatic heterocycles. The average Bonchev–Trinajstić information content (AvgIpc) is 3.17. The van der Waals surface area contributed by atoms with Gasteiger partial charge in [0.05, 0.1) is 20.9 Å². The molecular formula is C18H19N3OS2. The van der Waals surface area contributed by atoms with Crippen molar-refractivity contribution in [2.75, 3.05) is 5.32 Å². The molecule has 4 rings (SSSR count). The van der Waals surface area contributed by atoms with Crippen LogP contribution in [0, 0.1) is 0 Å². The van der Waals surface area contributed by atoms with E-state index in [-0.39, 0.29) is 5.91 Å². The van der Waals surface area contributed by atoms with Crippen molar-refractivity contribution in [3.05, 3.63) is 39.8 Å². The molecule has 1 aliphatic rings. The van der Waals surface area contributed by atoms with Crippen LogP contribution in [0.4, 0.5) is 5.13 Å². The number of thiazole rings is 2. The summed E-state index contributed by atoms with van der Waals surface area (Å²) in [6, 6.07) is 8.16. The van der Waals surface area contributed by atoms with E-state index in [0.29, 0.717) is 6.42 Å². The van der Waals surface area contributed by atoms with Gasteiger partial charge in [0.2, 0.25) is 5.91 Å². The molecular weight excluding hydrogens is 338 g/mol. The molecule has 0 atom stereocenters. The van der Waals surface area contributed by atoms with Crippen molar-refractivity contribution in [1.29, 1.82) is 0 Å². The Morgan fingerprint density at radius 2 is 2.00 bits per heavy atom. The number of nitrogens with zero attached hydrogens (tertiary/aromatic N) is 2. The number of aryl methyl sites for hydroxylation is 3. The molecule has 4 nitrogen and oxygen atoms in total. The minimum Gasteiger partial charge on any atom is -0.302 e. The number of amides is 1. The highest BCUT2D eigenvalue weighted by atomic mass is 32.1. The maximum atomic E-state index is 12.1. The van der Waals surface area contributed by atoms with Crippen LogP contribution in [0.15, 0.2) is 24.3 Å². The van der Waals surface area contributed by atoms with E-state index in [1.54, 1.807) is 22.7 Å². The van der Waals surface area contributed by atoms with Gasteiger partial charge in [-0.05, 0) is 50.7 Å². The summed E-state index contributed by atoms with van der Waals surface area (Å²) in [5.74, 6) is 0.0576. The van der Waals surface area contributed by atoms with Crippen LogP contribution < -0.4 is 5.32 Å². The molecule has 124 valence electrons. The number of hydrogen-bond donors (Lipinski definition) is 1. The first-order valence-corrected chi connectivity index (χ1v) is 10.0. The maximum Gasteiger partial charge on any atom is 0.226 e.